The first-order chi connectivity index (χ1) is 9.03. The molecule has 1 rings (SSSR count). The largest absolute Gasteiger partial charge is 0.380 e. The van der Waals surface area contributed by atoms with Gasteiger partial charge in [-0.3, -0.25) is 4.90 Å². The highest BCUT2D eigenvalue weighted by Gasteiger charge is 2.39. The third-order valence-electron chi connectivity index (χ3n) is 4.52. The molecule has 0 radical (unpaired) electrons. The second-order valence-electron chi connectivity index (χ2n) is 6.56. The van der Waals surface area contributed by atoms with E-state index < -0.39 is 0 Å². The number of likely N-dealkylation sites (N-methyl/N-ethyl adjacent to an activating group) is 1. The van der Waals surface area contributed by atoms with Crippen molar-refractivity contribution in [2.24, 2.45) is 5.41 Å². The van der Waals surface area contributed by atoms with Crippen molar-refractivity contribution in [3.8, 4) is 0 Å². The zero-order chi connectivity index (χ0) is 14.3. The molecule has 0 aromatic rings. The molecule has 0 spiro atoms. The summed E-state index contributed by atoms with van der Waals surface area (Å²) in [7, 11) is 2.26. The SMILES string of the molecule is CCCNC1C(N(C)CCOCC)CCCC1(C)C. The molecule has 3 heteroatoms. The van der Waals surface area contributed by atoms with E-state index in [4.69, 9.17) is 4.74 Å². The van der Waals surface area contributed by atoms with Gasteiger partial charge in [-0.1, -0.05) is 27.2 Å². The molecule has 0 aliphatic heterocycles. The van der Waals surface area contributed by atoms with Gasteiger partial charge < -0.3 is 10.1 Å². The Labute approximate surface area is 120 Å². The lowest BCUT2D eigenvalue weighted by Crippen LogP contribution is -2.58. The number of hydrogen-bond donors (Lipinski definition) is 1. The van der Waals surface area contributed by atoms with E-state index in [0.717, 1.165) is 26.3 Å². The van der Waals surface area contributed by atoms with E-state index in [1.165, 1.54) is 25.7 Å². The molecule has 1 aliphatic rings. The maximum absolute atomic E-state index is 5.50. The second-order valence-corrected chi connectivity index (χ2v) is 6.56. The Morgan fingerprint density at radius 2 is 2.05 bits per heavy atom. The Morgan fingerprint density at radius 1 is 1.32 bits per heavy atom. The summed E-state index contributed by atoms with van der Waals surface area (Å²) in [5, 5.41) is 3.80. The van der Waals surface area contributed by atoms with E-state index in [0.29, 0.717) is 17.5 Å². The highest BCUT2D eigenvalue weighted by Crippen LogP contribution is 2.37. The van der Waals surface area contributed by atoms with Gasteiger partial charge in [0.2, 0.25) is 0 Å². The fourth-order valence-corrected chi connectivity index (χ4v) is 3.32. The summed E-state index contributed by atoms with van der Waals surface area (Å²) in [5.74, 6) is 0. The smallest absolute Gasteiger partial charge is 0.0593 e. The zero-order valence-electron chi connectivity index (χ0n) is 13.7. The van der Waals surface area contributed by atoms with Crippen LogP contribution < -0.4 is 5.32 Å². The van der Waals surface area contributed by atoms with Crippen LogP contribution >= 0.6 is 0 Å². The highest BCUT2D eigenvalue weighted by atomic mass is 16.5. The average Bonchev–Trinajstić information content (AvgIpc) is 2.36. The summed E-state index contributed by atoms with van der Waals surface area (Å²) in [6, 6.07) is 1.25. The Hall–Kier alpha value is -0.120. The van der Waals surface area contributed by atoms with Gasteiger partial charge in [0.05, 0.1) is 6.61 Å². The molecule has 114 valence electrons. The van der Waals surface area contributed by atoms with Gasteiger partial charge in [0.15, 0.2) is 0 Å². The lowest BCUT2D eigenvalue weighted by Gasteiger charge is -2.48. The predicted molar refractivity (Wildman–Crippen MR) is 82.6 cm³/mol. The first-order valence-electron chi connectivity index (χ1n) is 8.04. The van der Waals surface area contributed by atoms with Gasteiger partial charge in [0, 0.05) is 25.2 Å². The molecular formula is C16H34N2O. The molecule has 0 bridgehead atoms. The van der Waals surface area contributed by atoms with Crippen LogP contribution in [-0.4, -0.2) is 50.3 Å². The summed E-state index contributed by atoms with van der Waals surface area (Å²) in [6.45, 7) is 13.0. The molecule has 0 aromatic heterocycles. The van der Waals surface area contributed by atoms with E-state index in [1.807, 2.05) is 0 Å². The third kappa shape index (κ3) is 5.05. The number of rotatable bonds is 8. The molecule has 0 heterocycles. The maximum Gasteiger partial charge on any atom is 0.0593 e. The van der Waals surface area contributed by atoms with Crippen molar-refractivity contribution in [1.82, 2.24) is 10.2 Å². The first kappa shape index (κ1) is 16.9. The van der Waals surface area contributed by atoms with Crippen molar-refractivity contribution in [1.29, 1.82) is 0 Å². The predicted octanol–water partition coefficient (Wildman–Crippen LogP) is 2.90. The van der Waals surface area contributed by atoms with Gasteiger partial charge in [-0.05, 0) is 45.2 Å². The molecule has 3 nitrogen and oxygen atoms in total. The standard InChI is InChI=1S/C16H34N2O/c1-6-11-17-15-14(9-8-10-16(15,3)4)18(5)12-13-19-7-2/h14-15,17H,6-13H2,1-5H3. The van der Waals surface area contributed by atoms with E-state index in [2.05, 4.69) is 45.0 Å². The fraction of sp³-hybridized carbons (Fsp3) is 1.00. The van der Waals surface area contributed by atoms with Gasteiger partial charge in [0.25, 0.3) is 0 Å². The molecule has 0 aromatic carbocycles. The second kappa shape index (κ2) is 8.23. The minimum Gasteiger partial charge on any atom is -0.380 e. The van der Waals surface area contributed by atoms with E-state index in [1.54, 1.807) is 0 Å². The summed E-state index contributed by atoms with van der Waals surface area (Å²) in [5.41, 5.74) is 0.401. The summed E-state index contributed by atoms with van der Waals surface area (Å²) in [4.78, 5) is 2.50. The number of ether oxygens (including phenoxy) is 1. The molecular weight excluding hydrogens is 236 g/mol. The lowest BCUT2D eigenvalue weighted by atomic mass is 9.70. The summed E-state index contributed by atoms with van der Waals surface area (Å²) in [6.07, 6.45) is 5.21. The van der Waals surface area contributed by atoms with Crippen LogP contribution in [-0.2, 0) is 4.74 Å². The molecule has 0 amide bonds. The van der Waals surface area contributed by atoms with Gasteiger partial charge >= 0.3 is 0 Å². The Balaban J connectivity index is 2.60. The third-order valence-corrected chi connectivity index (χ3v) is 4.52. The van der Waals surface area contributed by atoms with Gasteiger partial charge in [0.1, 0.15) is 0 Å². The quantitative estimate of drug-likeness (QED) is 0.686. The number of hydrogen-bond acceptors (Lipinski definition) is 3. The van der Waals surface area contributed by atoms with Gasteiger partial charge in [-0.25, -0.2) is 0 Å². The molecule has 1 saturated carbocycles. The van der Waals surface area contributed by atoms with Crippen molar-refractivity contribution >= 4 is 0 Å². The molecule has 19 heavy (non-hydrogen) atoms. The number of nitrogens with one attached hydrogen (secondary N) is 1. The average molecular weight is 270 g/mol. The van der Waals surface area contributed by atoms with E-state index in [-0.39, 0.29) is 0 Å². The van der Waals surface area contributed by atoms with Crippen molar-refractivity contribution in [3.63, 3.8) is 0 Å². The van der Waals surface area contributed by atoms with Crippen LogP contribution in [0.1, 0.15) is 53.4 Å². The van der Waals surface area contributed by atoms with Crippen LogP contribution in [0, 0.1) is 5.41 Å². The maximum atomic E-state index is 5.50. The van der Waals surface area contributed by atoms with Crippen LogP contribution in [0.15, 0.2) is 0 Å². The molecule has 0 saturated heterocycles. The van der Waals surface area contributed by atoms with Crippen LogP contribution in [0.2, 0.25) is 0 Å². The van der Waals surface area contributed by atoms with Crippen LogP contribution in [0.25, 0.3) is 0 Å². The first-order valence-corrected chi connectivity index (χ1v) is 8.04. The minimum absolute atomic E-state index is 0.401. The monoisotopic (exact) mass is 270 g/mol. The minimum atomic E-state index is 0.401. The van der Waals surface area contributed by atoms with E-state index in [9.17, 15) is 0 Å². The van der Waals surface area contributed by atoms with Crippen molar-refractivity contribution in [2.75, 3.05) is 33.4 Å². The van der Waals surface area contributed by atoms with Crippen LogP contribution in [0.4, 0.5) is 0 Å². The van der Waals surface area contributed by atoms with Crippen LogP contribution in [0.5, 0.6) is 0 Å². The molecule has 1 N–H and O–H groups in total. The fourth-order valence-electron chi connectivity index (χ4n) is 3.32. The lowest BCUT2D eigenvalue weighted by molar-refractivity contribution is 0.0417. The summed E-state index contributed by atoms with van der Waals surface area (Å²) >= 11 is 0. The topological polar surface area (TPSA) is 24.5 Å². The van der Waals surface area contributed by atoms with Crippen molar-refractivity contribution in [3.05, 3.63) is 0 Å². The van der Waals surface area contributed by atoms with E-state index >= 15 is 0 Å². The zero-order valence-corrected chi connectivity index (χ0v) is 13.7. The highest BCUT2D eigenvalue weighted by molar-refractivity contribution is 4.97. The van der Waals surface area contributed by atoms with Crippen molar-refractivity contribution in [2.45, 2.75) is 65.5 Å². The summed E-state index contributed by atoms with van der Waals surface area (Å²) < 4.78 is 5.50. The van der Waals surface area contributed by atoms with Crippen molar-refractivity contribution < 1.29 is 4.74 Å². The molecule has 2 unspecified atom stereocenters. The van der Waals surface area contributed by atoms with Gasteiger partial charge in [-0.2, -0.15) is 0 Å². The Bertz CT molecular complexity index is 243. The molecule has 2 atom stereocenters. The Morgan fingerprint density at radius 3 is 2.68 bits per heavy atom. The number of nitrogens with zero attached hydrogens (tertiary/aromatic N) is 1. The van der Waals surface area contributed by atoms with Crippen LogP contribution in [0.3, 0.4) is 0 Å². The molecule has 1 aliphatic carbocycles. The van der Waals surface area contributed by atoms with Gasteiger partial charge in [-0.15, -0.1) is 0 Å². The molecule has 1 fully saturated rings. The Kier molecular flexibility index (Phi) is 7.33. The normalized spacial score (nSPS) is 26.8.